The topological polar surface area (TPSA) is 107 Å². The first-order valence-corrected chi connectivity index (χ1v) is 9.92. The number of likely N-dealkylation sites (N-methyl/N-ethyl adjacent to an activating group) is 1. The van der Waals surface area contributed by atoms with Crippen molar-refractivity contribution in [3.8, 4) is 11.5 Å². The molecule has 2 amide bonds. The van der Waals surface area contributed by atoms with Crippen molar-refractivity contribution in [3.63, 3.8) is 0 Å². The molecule has 8 heteroatoms. The van der Waals surface area contributed by atoms with Crippen molar-refractivity contribution in [3.05, 3.63) is 23.9 Å². The van der Waals surface area contributed by atoms with E-state index in [1.54, 1.807) is 11.1 Å². The molecule has 152 valence electrons. The van der Waals surface area contributed by atoms with Crippen LogP contribution in [0.2, 0.25) is 0 Å². The molecular formula is C21H26N6O2. The summed E-state index contributed by atoms with van der Waals surface area (Å²) >= 11 is 0. The van der Waals surface area contributed by atoms with E-state index in [4.69, 9.17) is 0 Å². The Hall–Kier alpha value is -3.16. The Kier molecular flexibility index (Phi) is 4.44. The van der Waals surface area contributed by atoms with Gasteiger partial charge in [-0.3, -0.25) is 14.7 Å². The zero-order valence-corrected chi connectivity index (χ0v) is 17.4. The quantitative estimate of drug-likeness (QED) is 0.615. The van der Waals surface area contributed by atoms with E-state index in [1.165, 1.54) is 0 Å². The zero-order valence-electron chi connectivity index (χ0n) is 17.4. The number of aromatic nitrogens is 4. The highest BCUT2D eigenvalue weighted by atomic mass is 16.2. The number of rotatable bonds is 5. The van der Waals surface area contributed by atoms with Gasteiger partial charge in [0.05, 0.1) is 27.8 Å². The summed E-state index contributed by atoms with van der Waals surface area (Å²) in [6.45, 7) is 10.5. The van der Waals surface area contributed by atoms with Crippen LogP contribution in [0, 0.1) is 5.92 Å². The fourth-order valence-corrected chi connectivity index (χ4v) is 3.90. The van der Waals surface area contributed by atoms with Crippen molar-refractivity contribution in [2.24, 2.45) is 5.92 Å². The van der Waals surface area contributed by atoms with Crippen LogP contribution in [-0.2, 0) is 15.0 Å². The summed E-state index contributed by atoms with van der Waals surface area (Å²) in [6.07, 6.45) is 2.09. The van der Waals surface area contributed by atoms with Crippen molar-refractivity contribution in [2.75, 3.05) is 16.8 Å². The number of nitrogens with zero attached hydrogens (tertiary/aromatic N) is 3. The second-order valence-electron chi connectivity index (χ2n) is 8.44. The number of H-pyrrole nitrogens is 2. The van der Waals surface area contributed by atoms with E-state index in [-0.39, 0.29) is 17.7 Å². The first-order chi connectivity index (χ1) is 13.7. The number of anilines is 2. The van der Waals surface area contributed by atoms with Crippen LogP contribution >= 0.6 is 0 Å². The summed E-state index contributed by atoms with van der Waals surface area (Å²) in [5, 5.41) is 9.97. The number of carbonyl (C=O) groups is 2. The molecule has 8 nitrogen and oxygen atoms in total. The van der Waals surface area contributed by atoms with Crippen LogP contribution in [0.5, 0.6) is 0 Å². The van der Waals surface area contributed by atoms with Crippen molar-refractivity contribution >= 4 is 34.2 Å². The van der Waals surface area contributed by atoms with Crippen LogP contribution in [0.25, 0.3) is 22.6 Å². The summed E-state index contributed by atoms with van der Waals surface area (Å²) in [5.74, 6) is 0.880. The van der Waals surface area contributed by atoms with E-state index in [2.05, 4.69) is 25.5 Å². The van der Waals surface area contributed by atoms with E-state index < -0.39 is 5.41 Å². The van der Waals surface area contributed by atoms with E-state index in [9.17, 15) is 9.59 Å². The number of amides is 2. The van der Waals surface area contributed by atoms with E-state index in [0.717, 1.165) is 22.3 Å². The molecule has 0 saturated carbocycles. The predicted molar refractivity (Wildman–Crippen MR) is 113 cm³/mol. The molecule has 0 radical (unpaired) electrons. The van der Waals surface area contributed by atoms with Gasteiger partial charge in [0.1, 0.15) is 0 Å². The Morgan fingerprint density at radius 2 is 2.07 bits per heavy atom. The summed E-state index contributed by atoms with van der Waals surface area (Å²) < 4.78 is 0. The van der Waals surface area contributed by atoms with E-state index in [0.29, 0.717) is 30.2 Å². The highest BCUT2D eigenvalue weighted by molar-refractivity contribution is 6.09. The second-order valence-corrected chi connectivity index (χ2v) is 8.44. The van der Waals surface area contributed by atoms with Gasteiger partial charge < -0.3 is 15.2 Å². The molecule has 1 aliphatic rings. The van der Waals surface area contributed by atoms with Crippen LogP contribution in [-0.4, -0.2) is 38.5 Å². The van der Waals surface area contributed by atoms with Crippen molar-refractivity contribution in [2.45, 2.75) is 46.5 Å². The van der Waals surface area contributed by atoms with Crippen LogP contribution in [0.4, 0.5) is 11.4 Å². The SMILES string of the molecule is CCN1C(=O)C(C)(C)c2cc3[nH]c(-c4n[nH]cc4NC(=O)CC(C)C)nc3cc21. The third-order valence-corrected chi connectivity index (χ3v) is 5.39. The van der Waals surface area contributed by atoms with Gasteiger partial charge >= 0.3 is 0 Å². The molecule has 0 saturated heterocycles. The molecule has 29 heavy (non-hydrogen) atoms. The predicted octanol–water partition coefficient (Wildman–Crippen LogP) is 3.58. The van der Waals surface area contributed by atoms with Gasteiger partial charge in [0, 0.05) is 19.2 Å². The molecule has 3 heterocycles. The van der Waals surface area contributed by atoms with Gasteiger partial charge in [0.2, 0.25) is 11.8 Å². The Labute approximate surface area is 169 Å². The van der Waals surface area contributed by atoms with Gasteiger partial charge in [0.15, 0.2) is 11.5 Å². The Bertz CT molecular complexity index is 1110. The lowest BCUT2D eigenvalue weighted by molar-refractivity contribution is -0.122. The first kappa shape index (κ1) is 19.2. The van der Waals surface area contributed by atoms with Crippen LogP contribution in [0.15, 0.2) is 18.3 Å². The summed E-state index contributed by atoms with van der Waals surface area (Å²) in [6, 6.07) is 3.95. The molecule has 2 aromatic heterocycles. The Morgan fingerprint density at radius 3 is 2.76 bits per heavy atom. The number of carbonyl (C=O) groups excluding carboxylic acids is 2. The van der Waals surface area contributed by atoms with Crippen molar-refractivity contribution in [1.29, 1.82) is 0 Å². The third-order valence-electron chi connectivity index (χ3n) is 5.39. The minimum Gasteiger partial charge on any atom is -0.337 e. The molecule has 3 aromatic rings. The number of fused-ring (bicyclic) bond motifs is 2. The van der Waals surface area contributed by atoms with Gasteiger partial charge in [0.25, 0.3) is 0 Å². The normalized spacial score (nSPS) is 15.4. The van der Waals surface area contributed by atoms with Crippen LogP contribution in [0.3, 0.4) is 0 Å². The second kappa shape index (κ2) is 6.72. The summed E-state index contributed by atoms with van der Waals surface area (Å²) in [5.41, 5.74) is 4.05. The lowest BCUT2D eigenvalue weighted by atomic mass is 9.86. The van der Waals surface area contributed by atoms with Gasteiger partial charge in [-0.25, -0.2) is 4.98 Å². The molecular weight excluding hydrogens is 368 g/mol. The zero-order chi connectivity index (χ0) is 20.9. The average Bonchev–Trinajstić information content (AvgIpc) is 3.30. The van der Waals surface area contributed by atoms with E-state index >= 15 is 0 Å². The number of aromatic amines is 2. The molecule has 0 aliphatic carbocycles. The molecule has 0 spiro atoms. The lowest BCUT2D eigenvalue weighted by Crippen LogP contribution is -2.35. The molecule has 0 fully saturated rings. The molecule has 0 atom stereocenters. The molecule has 1 aliphatic heterocycles. The van der Waals surface area contributed by atoms with Gasteiger partial charge in [-0.1, -0.05) is 13.8 Å². The standard InChI is InChI=1S/C21H26N6O2/c1-6-27-16-9-14-13(8-12(16)21(4,5)20(27)29)24-19(25-14)18-15(10-22-26-18)23-17(28)7-11(2)3/h8-11H,6-7H2,1-5H3,(H,22,26)(H,23,28)(H,24,25). The van der Waals surface area contributed by atoms with Crippen molar-refractivity contribution < 1.29 is 9.59 Å². The number of benzene rings is 1. The average molecular weight is 394 g/mol. The smallest absolute Gasteiger partial charge is 0.237 e. The monoisotopic (exact) mass is 394 g/mol. The number of nitrogens with one attached hydrogen (secondary N) is 3. The van der Waals surface area contributed by atoms with E-state index in [1.807, 2.05) is 46.8 Å². The maximum Gasteiger partial charge on any atom is 0.237 e. The minimum absolute atomic E-state index is 0.0587. The molecule has 1 aromatic carbocycles. The molecule has 4 rings (SSSR count). The molecule has 0 unspecified atom stereocenters. The number of hydrogen-bond acceptors (Lipinski definition) is 4. The fourth-order valence-electron chi connectivity index (χ4n) is 3.90. The van der Waals surface area contributed by atoms with Gasteiger partial charge in [-0.2, -0.15) is 5.10 Å². The first-order valence-electron chi connectivity index (χ1n) is 9.92. The number of imidazole rings is 1. The van der Waals surface area contributed by atoms with Crippen LogP contribution in [0.1, 0.15) is 46.6 Å². The highest BCUT2D eigenvalue weighted by Gasteiger charge is 2.43. The summed E-state index contributed by atoms with van der Waals surface area (Å²) in [7, 11) is 0. The van der Waals surface area contributed by atoms with Crippen molar-refractivity contribution in [1.82, 2.24) is 20.2 Å². The molecule has 0 bridgehead atoms. The van der Waals surface area contributed by atoms with Gasteiger partial charge in [-0.15, -0.1) is 0 Å². The minimum atomic E-state index is -0.576. The Balaban J connectivity index is 1.73. The summed E-state index contributed by atoms with van der Waals surface area (Å²) in [4.78, 5) is 34.7. The number of hydrogen-bond donors (Lipinski definition) is 3. The van der Waals surface area contributed by atoms with Gasteiger partial charge in [-0.05, 0) is 44.4 Å². The lowest BCUT2D eigenvalue weighted by Gasteiger charge is -2.18. The van der Waals surface area contributed by atoms with Crippen LogP contribution < -0.4 is 10.2 Å². The fraction of sp³-hybridized carbons (Fsp3) is 0.429. The molecule has 3 N–H and O–H groups in total. The third kappa shape index (κ3) is 3.08. The maximum absolute atomic E-state index is 12.7. The largest absolute Gasteiger partial charge is 0.337 e. The maximum atomic E-state index is 12.7. The highest BCUT2D eigenvalue weighted by Crippen LogP contribution is 2.43. The Morgan fingerprint density at radius 1 is 1.31 bits per heavy atom.